The molecule has 0 aromatic carbocycles. The number of hydrogen-bond acceptors (Lipinski definition) is 7. The lowest BCUT2D eigenvalue weighted by molar-refractivity contribution is 0.545. The van der Waals surface area contributed by atoms with Crippen LogP contribution in [0.4, 0.5) is 5.95 Å². The second-order valence-corrected chi connectivity index (χ2v) is 6.15. The van der Waals surface area contributed by atoms with Crippen LogP contribution < -0.4 is 5.32 Å². The van der Waals surface area contributed by atoms with Gasteiger partial charge in [0.2, 0.25) is 5.95 Å². The Labute approximate surface area is 132 Å². The summed E-state index contributed by atoms with van der Waals surface area (Å²) in [4.78, 5) is 8.98. The van der Waals surface area contributed by atoms with E-state index in [1.807, 2.05) is 19.1 Å². The third-order valence-electron chi connectivity index (χ3n) is 3.04. The molecule has 22 heavy (non-hydrogen) atoms. The molecule has 0 spiro atoms. The number of hydrogen-bond donors (Lipinski definition) is 1. The van der Waals surface area contributed by atoms with E-state index in [0.717, 1.165) is 16.5 Å². The van der Waals surface area contributed by atoms with Crippen LogP contribution in [0, 0.1) is 6.92 Å². The van der Waals surface area contributed by atoms with Crippen molar-refractivity contribution >= 4 is 17.3 Å². The lowest BCUT2D eigenvalue weighted by Crippen LogP contribution is -2.05. The van der Waals surface area contributed by atoms with Gasteiger partial charge in [0.25, 0.3) is 0 Å². The van der Waals surface area contributed by atoms with Crippen LogP contribution >= 0.6 is 11.3 Å². The fraction of sp³-hybridized carbons (Fsp3) is 0.333. The molecule has 0 saturated heterocycles. The van der Waals surface area contributed by atoms with Gasteiger partial charge in [0, 0.05) is 11.3 Å². The maximum absolute atomic E-state index is 5.55. The Morgan fingerprint density at radius 3 is 2.82 bits per heavy atom. The molecule has 0 unspecified atom stereocenters. The Morgan fingerprint density at radius 2 is 2.14 bits per heavy atom. The molecule has 0 bridgehead atoms. The molecule has 0 aliphatic carbocycles. The van der Waals surface area contributed by atoms with Crippen molar-refractivity contribution < 1.29 is 4.42 Å². The molecule has 0 fully saturated rings. The number of aromatic nitrogens is 4. The second kappa shape index (κ2) is 6.23. The molecule has 0 saturated carbocycles. The van der Waals surface area contributed by atoms with Crippen molar-refractivity contribution in [2.75, 3.05) is 5.32 Å². The number of aryl methyl sites for hydroxylation is 1. The van der Waals surface area contributed by atoms with Crippen LogP contribution in [0.15, 0.2) is 28.1 Å². The number of thiazole rings is 1. The summed E-state index contributed by atoms with van der Waals surface area (Å²) in [5.74, 6) is 2.44. The molecular formula is C15H17N5OS. The SMILES string of the molecule is Cc1ccc(-c2cnnc(NCc3csc(C(C)C)n3)n2)o1. The van der Waals surface area contributed by atoms with Crippen molar-refractivity contribution in [3.8, 4) is 11.5 Å². The van der Waals surface area contributed by atoms with Gasteiger partial charge in [0.15, 0.2) is 5.76 Å². The van der Waals surface area contributed by atoms with Gasteiger partial charge in [-0.15, -0.1) is 16.4 Å². The molecule has 3 aromatic rings. The molecule has 1 N–H and O–H groups in total. The summed E-state index contributed by atoms with van der Waals surface area (Å²) in [6.07, 6.45) is 1.59. The van der Waals surface area contributed by atoms with Crippen LogP contribution in [0.3, 0.4) is 0 Å². The Balaban J connectivity index is 1.70. The molecule has 114 valence electrons. The quantitative estimate of drug-likeness (QED) is 0.774. The molecule has 0 radical (unpaired) electrons. The summed E-state index contributed by atoms with van der Waals surface area (Å²) in [7, 11) is 0. The predicted molar refractivity (Wildman–Crippen MR) is 85.8 cm³/mol. The van der Waals surface area contributed by atoms with Gasteiger partial charge in [-0.25, -0.2) is 9.97 Å². The van der Waals surface area contributed by atoms with Crippen LogP contribution in [-0.2, 0) is 6.54 Å². The van der Waals surface area contributed by atoms with Gasteiger partial charge in [-0.2, -0.15) is 5.10 Å². The molecular weight excluding hydrogens is 298 g/mol. The monoisotopic (exact) mass is 315 g/mol. The van der Waals surface area contributed by atoms with Crippen molar-refractivity contribution in [1.82, 2.24) is 20.2 Å². The fourth-order valence-corrected chi connectivity index (χ4v) is 2.74. The van der Waals surface area contributed by atoms with Crippen LogP contribution in [0.25, 0.3) is 11.5 Å². The van der Waals surface area contributed by atoms with Crippen molar-refractivity contribution in [3.63, 3.8) is 0 Å². The van der Waals surface area contributed by atoms with Crippen molar-refractivity contribution in [1.29, 1.82) is 0 Å². The summed E-state index contributed by atoms with van der Waals surface area (Å²) in [6, 6.07) is 3.77. The van der Waals surface area contributed by atoms with E-state index in [1.165, 1.54) is 0 Å². The number of furan rings is 1. The third-order valence-corrected chi connectivity index (χ3v) is 4.24. The Hall–Kier alpha value is -2.28. The predicted octanol–water partition coefficient (Wildman–Crippen LogP) is 3.63. The van der Waals surface area contributed by atoms with E-state index in [4.69, 9.17) is 4.42 Å². The minimum atomic E-state index is 0.446. The second-order valence-electron chi connectivity index (χ2n) is 5.26. The Bertz CT molecular complexity index is 765. The van der Waals surface area contributed by atoms with Crippen molar-refractivity contribution in [2.45, 2.75) is 33.2 Å². The standard InChI is InChI=1S/C15H17N5OS/c1-9(2)14-18-11(8-22-14)6-16-15-19-12(7-17-20-15)13-5-4-10(3)21-13/h4-5,7-9H,6H2,1-3H3,(H,16,19,20). The van der Waals surface area contributed by atoms with Gasteiger partial charge in [0.05, 0.1) is 23.4 Å². The average molecular weight is 315 g/mol. The topological polar surface area (TPSA) is 76.7 Å². The highest BCUT2D eigenvalue weighted by atomic mass is 32.1. The fourth-order valence-electron chi connectivity index (χ4n) is 1.91. The number of rotatable bonds is 5. The first kappa shape index (κ1) is 14.6. The van der Waals surface area contributed by atoms with E-state index in [-0.39, 0.29) is 0 Å². The zero-order valence-electron chi connectivity index (χ0n) is 12.7. The van der Waals surface area contributed by atoms with Gasteiger partial charge < -0.3 is 9.73 Å². The molecule has 3 rings (SSSR count). The van der Waals surface area contributed by atoms with Crippen molar-refractivity contribution in [2.24, 2.45) is 0 Å². The number of anilines is 1. The highest BCUT2D eigenvalue weighted by Crippen LogP contribution is 2.21. The summed E-state index contributed by atoms with van der Waals surface area (Å²) in [5, 5.41) is 14.3. The highest BCUT2D eigenvalue weighted by molar-refractivity contribution is 7.09. The van der Waals surface area contributed by atoms with E-state index >= 15 is 0 Å². The third kappa shape index (κ3) is 3.30. The molecule has 0 aliphatic heterocycles. The first-order valence-electron chi connectivity index (χ1n) is 7.06. The minimum Gasteiger partial charge on any atom is -0.460 e. The van der Waals surface area contributed by atoms with Gasteiger partial charge in [-0.05, 0) is 19.1 Å². The number of nitrogens with zero attached hydrogens (tertiary/aromatic N) is 4. The molecule has 6 nitrogen and oxygen atoms in total. The molecule has 3 heterocycles. The van der Waals surface area contributed by atoms with Gasteiger partial charge in [-0.3, -0.25) is 0 Å². The summed E-state index contributed by atoms with van der Waals surface area (Å²) in [6.45, 7) is 6.74. The van der Waals surface area contributed by atoms with Crippen molar-refractivity contribution in [3.05, 3.63) is 40.2 Å². The van der Waals surface area contributed by atoms with E-state index in [0.29, 0.717) is 29.9 Å². The van der Waals surface area contributed by atoms with Crippen LogP contribution in [-0.4, -0.2) is 20.2 Å². The molecule has 7 heteroatoms. The van der Waals surface area contributed by atoms with E-state index < -0.39 is 0 Å². The first-order chi connectivity index (χ1) is 10.6. The van der Waals surface area contributed by atoms with E-state index in [9.17, 15) is 0 Å². The first-order valence-corrected chi connectivity index (χ1v) is 7.94. The minimum absolute atomic E-state index is 0.446. The highest BCUT2D eigenvalue weighted by Gasteiger charge is 2.09. The lowest BCUT2D eigenvalue weighted by Gasteiger charge is -2.03. The van der Waals surface area contributed by atoms with Crippen LogP contribution in [0.2, 0.25) is 0 Å². The van der Waals surface area contributed by atoms with E-state index in [1.54, 1.807) is 17.5 Å². The Kier molecular flexibility index (Phi) is 4.15. The summed E-state index contributed by atoms with van der Waals surface area (Å²) >= 11 is 1.67. The zero-order chi connectivity index (χ0) is 15.5. The van der Waals surface area contributed by atoms with Crippen LogP contribution in [0.5, 0.6) is 0 Å². The van der Waals surface area contributed by atoms with Gasteiger partial charge >= 0.3 is 0 Å². The average Bonchev–Trinajstić information content (AvgIpc) is 3.14. The van der Waals surface area contributed by atoms with Gasteiger partial charge in [-0.1, -0.05) is 13.8 Å². The Morgan fingerprint density at radius 1 is 1.27 bits per heavy atom. The smallest absolute Gasteiger partial charge is 0.243 e. The maximum Gasteiger partial charge on any atom is 0.243 e. The maximum atomic E-state index is 5.55. The zero-order valence-corrected chi connectivity index (χ0v) is 13.5. The largest absolute Gasteiger partial charge is 0.460 e. The molecule has 0 aliphatic rings. The summed E-state index contributed by atoms with van der Waals surface area (Å²) in [5.41, 5.74) is 1.64. The van der Waals surface area contributed by atoms with Crippen LogP contribution in [0.1, 0.15) is 36.2 Å². The lowest BCUT2D eigenvalue weighted by atomic mass is 10.2. The number of nitrogens with one attached hydrogen (secondary N) is 1. The normalized spacial score (nSPS) is 11.1. The summed E-state index contributed by atoms with van der Waals surface area (Å²) < 4.78 is 5.55. The van der Waals surface area contributed by atoms with Gasteiger partial charge in [0.1, 0.15) is 11.5 Å². The molecule has 3 aromatic heterocycles. The molecule has 0 atom stereocenters. The molecule has 0 amide bonds. The van der Waals surface area contributed by atoms with E-state index in [2.05, 4.69) is 44.7 Å².